The molecule has 3 atom stereocenters. The van der Waals surface area contributed by atoms with Gasteiger partial charge in [-0.15, -0.1) is 10.2 Å². The van der Waals surface area contributed by atoms with Crippen LogP contribution in [-0.2, 0) is 0 Å². The number of nitrogens with zero attached hydrogens (tertiary/aromatic N) is 6. The van der Waals surface area contributed by atoms with E-state index >= 15 is 0 Å². The van der Waals surface area contributed by atoms with Crippen LogP contribution < -0.4 is 5.73 Å². The first-order chi connectivity index (χ1) is 18.9. The summed E-state index contributed by atoms with van der Waals surface area (Å²) in [5.41, 5.74) is 9.68. The summed E-state index contributed by atoms with van der Waals surface area (Å²) in [6.07, 6.45) is 6.16. The number of aromatic nitrogens is 6. The monoisotopic (exact) mass is 524 g/mol. The van der Waals surface area contributed by atoms with E-state index in [4.69, 9.17) is 10.7 Å². The number of nitrogens with one attached hydrogen (secondary N) is 1. The molecular formula is C28H25FN8O2. The SMILES string of the molecule is CC(=O)c1c([C@H]2C[C@H]3CC[C@@H](C2)N3C(=O)c2nnc[nH]2)nc2c(-c3ccc4ccc(F)cc4c3)cnn2c1N. The van der Waals surface area contributed by atoms with Crippen molar-refractivity contribution in [3.8, 4) is 11.1 Å². The van der Waals surface area contributed by atoms with Gasteiger partial charge in [-0.2, -0.15) is 9.61 Å². The molecule has 2 bridgehead atoms. The van der Waals surface area contributed by atoms with Gasteiger partial charge in [0, 0.05) is 23.6 Å². The summed E-state index contributed by atoms with van der Waals surface area (Å²) in [6, 6.07) is 10.5. The van der Waals surface area contributed by atoms with Gasteiger partial charge in [0.2, 0.25) is 5.82 Å². The fourth-order valence-electron chi connectivity index (χ4n) is 6.44. The number of rotatable bonds is 4. The van der Waals surface area contributed by atoms with Gasteiger partial charge in [-0.05, 0) is 67.1 Å². The smallest absolute Gasteiger partial charge is 0.292 e. The maximum absolute atomic E-state index is 13.9. The highest BCUT2D eigenvalue weighted by Gasteiger charge is 2.45. The molecule has 0 unspecified atom stereocenters. The van der Waals surface area contributed by atoms with Gasteiger partial charge in [-0.3, -0.25) is 9.59 Å². The minimum absolute atomic E-state index is 0.00479. The highest BCUT2D eigenvalue weighted by molar-refractivity contribution is 6.00. The summed E-state index contributed by atoms with van der Waals surface area (Å²) < 4.78 is 15.4. The summed E-state index contributed by atoms with van der Waals surface area (Å²) in [4.78, 5) is 35.7. The number of carbonyl (C=O) groups is 2. The molecule has 0 aliphatic carbocycles. The number of nitrogens with two attached hydrogens (primary N) is 1. The molecular weight excluding hydrogens is 499 g/mol. The number of hydrogen-bond donors (Lipinski definition) is 2. The van der Waals surface area contributed by atoms with E-state index in [9.17, 15) is 14.0 Å². The van der Waals surface area contributed by atoms with Crippen LogP contribution in [0.2, 0.25) is 0 Å². The number of aromatic amines is 1. The van der Waals surface area contributed by atoms with Gasteiger partial charge in [0.25, 0.3) is 5.91 Å². The van der Waals surface area contributed by atoms with Gasteiger partial charge in [0.15, 0.2) is 11.4 Å². The molecule has 39 heavy (non-hydrogen) atoms. The first-order valence-electron chi connectivity index (χ1n) is 13.0. The lowest BCUT2D eigenvalue weighted by Gasteiger charge is -2.38. The zero-order valence-corrected chi connectivity index (χ0v) is 21.1. The molecule has 196 valence electrons. The molecule has 2 aliphatic rings. The molecule has 5 aromatic rings. The van der Waals surface area contributed by atoms with Crippen molar-refractivity contribution in [2.24, 2.45) is 0 Å². The Bertz CT molecular complexity index is 1770. The second-order valence-electron chi connectivity index (χ2n) is 10.4. The van der Waals surface area contributed by atoms with Gasteiger partial charge < -0.3 is 15.6 Å². The number of halogens is 1. The van der Waals surface area contributed by atoms with E-state index in [1.807, 2.05) is 23.1 Å². The molecule has 1 amide bonds. The number of anilines is 1. The number of nitrogen functional groups attached to an aromatic ring is 1. The van der Waals surface area contributed by atoms with Crippen LogP contribution in [0.3, 0.4) is 0 Å². The number of benzene rings is 2. The van der Waals surface area contributed by atoms with Crippen LogP contribution in [0.25, 0.3) is 27.5 Å². The Labute approximate surface area is 222 Å². The van der Waals surface area contributed by atoms with E-state index in [2.05, 4.69) is 20.3 Å². The normalized spacial score (nSPS) is 20.7. The highest BCUT2D eigenvalue weighted by Crippen LogP contribution is 2.45. The van der Waals surface area contributed by atoms with Crippen LogP contribution in [0.5, 0.6) is 0 Å². The molecule has 10 nitrogen and oxygen atoms in total. The fourth-order valence-corrected chi connectivity index (χ4v) is 6.44. The summed E-state index contributed by atoms with van der Waals surface area (Å²) in [5.74, 6) is -0.216. The maximum Gasteiger partial charge on any atom is 0.292 e. The molecule has 11 heteroatoms. The van der Waals surface area contributed by atoms with Crippen molar-refractivity contribution < 1.29 is 14.0 Å². The second-order valence-corrected chi connectivity index (χ2v) is 10.4. The van der Waals surface area contributed by atoms with Gasteiger partial charge in [-0.25, -0.2) is 9.37 Å². The molecule has 2 saturated heterocycles. The van der Waals surface area contributed by atoms with Crippen molar-refractivity contribution in [2.75, 3.05) is 5.73 Å². The number of fused-ring (bicyclic) bond motifs is 4. The molecule has 7 rings (SSSR count). The minimum atomic E-state index is -0.307. The summed E-state index contributed by atoms with van der Waals surface area (Å²) >= 11 is 0. The lowest BCUT2D eigenvalue weighted by Crippen LogP contribution is -2.46. The molecule has 2 aliphatic heterocycles. The Hall–Kier alpha value is -4.67. The zero-order chi connectivity index (χ0) is 26.8. The fraction of sp³-hybridized carbons (Fsp3) is 0.286. The molecule has 5 heterocycles. The van der Waals surface area contributed by atoms with Crippen molar-refractivity contribution in [2.45, 2.75) is 50.6 Å². The zero-order valence-electron chi connectivity index (χ0n) is 21.1. The first-order valence-corrected chi connectivity index (χ1v) is 13.0. The Morgan fingerprint density at radius 2 is 1.85 bits per heavy atom. The van der Waals surface area contributed by atoms with Crippen LogP contribution in [0.4, 0.5) is 10.2 Å². The lowest BCUT2D eigenvalue weighted by molar-refractivity contribution is 0.0556. The minimum Gasteiger partial charge on any atom is -0.383 e. The maximum atomic E-state index is 13.9. The number of piperidine rings is 1. The molecule has 3 aromatic heterocycles. The van der Waals surface area contributed by atoms with Gasteiger partial charge in [0.05, 0.1) is 17.5 Å². The largest absolute Gasteiger partial charge is 0.383 e. The summed E-state index contributed by atoms with van der Waals surface area (Å²) in [7, 11) is 0. The third-order valence-corrected chi connectivity index (χ3v) is 8.15. The third kappa shape index (κ3) is 3.68. The van der Waals surface area contributed by atoms with E-state index in [1.54, 1.807) is 12.3 Å². The van der Waals surface area contributed by atoms with Gasteiger partial charge in [-0.1, -0.05) is 18.2 Å². The first kappa shape index (κ1) is 23.4. The summed E-state index contributed by atoms with van der Waals surface area (Å²) in [6.45, 7) is 1.49. The van der Waals surface area contributed by atoms with E-state index in [-0.39, 0.29) is 47.2 Å². The highest BCUT2D eigenvalue weighted by atomic mass is 19.1. The van der Waals surface area contributed by atoms with Crippen LogP contribution in [0.1, 0.15) is 65.2 Å². The average molecular weight is 525 g/mol. The third-order valence-electron chi connectivity index (χ3n) is 8.15. The number of hydrogen-bond acceptors (Lipinski definition) is 7. The number of H-pyrrole nitrogens is 1. The Balaban J connectivity index is 1.31. The average Bonchev–Trinajstić information content (AvgIpc) is 3.66. The molecule has 2 aromatic carbocycles. The molecule has 0 spiro atoms. The predicted octanol–water partition coefficient (Wildman–Crippen LogP) is 4.14. The lowest BCUT2D eigenvalue weighted by atomic mass is 9.85. The van der Waals surface area contributed by atoms with Crippen LogP contribution in [0.15, 0.2) is 48.9 Å². The number of Topliss-reactive ketones (excluding diaryl/α,β-unsaturated/α-hetero) is 1. The van der Waals surface area contributed by atoms with E-state index in [0.717, 1.165) is 34.7 Å². The van der Waals surface area contributed by atoms with E-state index in [1.165, 1.54) is 29.9 Å². The molecule has 3 N–H and O–H groups in total. The standard InChI is InChI=1S/C28H25FN8O2/c1-14(38)23-24(18-10-20-6-7-21(11-18)36(20)28(39)26-31-13-32-35-26)34-27-22(12-33-37(27)25(23)30)16-3-2-15-4-5-19(29)9-17(15)8-16/h2-5,8-9,12-13,18,20-21H,6-7,10-11,30H2,1H3,(H,31,32,35)/t18-,20+,21-. The predicted molar refractivity (Wildman–Crippen MR) is 142 cm³/mol. The van der Waals surface area contributed by atoms with Crippen molar-refractivity contribution in [1.82, 2.24) is 34.7 Å². The van der Waals surface area contributed by atoms with Crippen molar-refractivity contribution in [1.29, 1.82) is 0 Å². The molecule has 2 fully saturated rings. The molecule has 0 saturated carbocycles. The number of carbonyl (C=O) groups excluding carboxylic acids is 2. The quantitative estimate of drug-likeness (QED) is 0.337. The van der Waals surface area contributed by atoms with Crippen LogP contribution in [-0.4, -0.2) is 58.5 Å². The van der Waals surface area contributed by atoms with E-state index < -0.39 is 0 Å². The molecule has 0 radical (unpaired) electrons. The van der Waals surface area contributed by atoms with Crippen molar-refractivity contribution in [3.05, 3.63) is 71.8 Å². The Morgan fingerprint density at radius 1 is 1.08 bits per heavy atom. The topological polar surface area (TPSA) is 135 Å². The summed E-state index contributed by atoms with van der Waals surface area (Å²) in [5, 5.41) is 13.8. The van der Waals surface area contributed by atoms with Gasteiger partial charge in [0.1, 0.15) is 18.0 Å². The Morgan fingerprint density at radius 3 is 2.56 bits per heavy atom. The van der Waals surface area contributed by atoms with Crippen LogP contribution in [0, 0.1) is 5.82 Å². The Kier molecular flexibility index (Phi) is 5.22. The number of amides is 1. The van der Waals surface area contributed by atoms with Gasteiger partial charge >= 0.3 is 0 Å². The van der Waals surface area contributed by atoms with Crippen molar-refractivity contribution >= 4 is 33.9 Å². The van der Waals surface area contributed by atoms with Crippen LogP contribution >= 0.6 is 0 Å². The number of ketones is 1. The second kappa shape index (κ2) is 8.69. The van der Waals surface area contributed by atoms with Crippen molar-refractivity contribution in [3.63, 3.8) is 0 Å². The van der Waals surface area contributed by atoms with E-state index in [0.29, 0.717) is 29.7 Å².